The number of hydrogen-bond donors (Lipinski definition) is 1. The van der Waals surface area contributed by atoms with Crippen molar-refractivity contribution in [1.82, 2.24) is 0 Å². The quantitative estimate of drug-likeness (QED) is 0.245. The van der Waals surface area contributed by atoms with Crippen molar-refractivity contribution >= 4 is 51.7 Å². The Kier molecular flexibility index (Phi) is 6.23. The van der Waals surface area contributed by atoms with Gasteiger partial charge in [-0.25, -0.2) is 0 Å². The first-order chi connectivity index (χ1) is 14.7. The normalized spacial score (nSPS) is 16.2. The van der Waals surface area contributed by atoms with Crippen molar-refractivity contribution in [3.8, 4) is 5.75 Å². The lowest BCUT2D eigenvalue weighted by Gasteiger charge is -2.28. The smallest absolute Gasteiger partial charge is 0.271 e. The molecule has 1 aliphatic heterocycles. The summed E-state index contributed by atoms with van der Waals surface area (Å²) < 4.78 is 0.313. The molecule has 0 spiro atoms. The zero-order valence-electron chi connectivity index (χ0n) is 18.9. The van der Waals surface area contributed by atoms with Crippen LogP contribution in [0.3, 0.4) is 0 Å². The van der Waals surface area contributed by atoms with Gasteiger partial charge in [0.1, 0.15) is 5.75 Å². The maximum atomic E-state index is 13.2. The Morgan fingerprint density at radius 3 is 2.12 bits per heavy atom. The largest absolute Gasteiger partial charge is 0.507 e. The predicted octanol–water partition coefficient (Wildman–Crippen LogP) is 6.30. The first-order valence-corrected chi connectivity index (χ1v) is 11.3. The van der Waals surface area contributed by atoms with Crippen LogP contribution in [0.2, 0.25) is 0 Å². The van der Waals surface area contributed by atoms with Gasteiger partial charge in [0.25, 0.3) is 11.6 Å². The number of phenols is 1. The van der Waals surface area contributed by atoms with Crippen LogP contribution in [0.25, 0.3) is 6.08 Å². The number of rotatable bonds is 3. The fraction of sp³-hybridized carbons (Fsp3) is 0.333. The van der Waals surface area contributed by atoms with E-state index in [1.165, 1.54) is 23.1 Å². The first-order valence-electron chi connectivity index (χ1n) is 10.1. The summed E-state index contributed by atoms with van der Waals surface area (Å²) in [7, 11) is 0. The minimum atomic E-state index is -0.504. The predicted molar refractivity (Wildman–Crippen MR) is 134 cm³/mol. The third kappa shape index (κ3) is 4.71. The molecule has 2 aromatic carbocycles. The Hall–Kier alpha value is -2.71. The molecule has 32 heavy (non-hydrogen) atoms. The molecule has 0 aromatic heterocycles. The SMILES string of the molecule is CC(C)(C)c1cc(/C=C2/SC(=S)N(c3cccc([N+](=O)[O-])c3)C2=O)cc(C(C)(C)C)c1O. The molecule has 1 saturated heterocycles. The minimum absolute atomic E-state index is 0.108. The molecule has 0 unspecified atom stereocenters. The highest BCUT2D eigenvalue weighted by Crippen LogP contribution is 2.42. The number of amides is 1. The van der Waals surface area contributed by atoms with Crippen molar-refractivity contribution in [2.24, 2.45) is 0 Å². The van der Waals surface area contributed by atoms with Crippen molar-refractivity contribution in [3.63, 3.8) is 0 Å². The van der Waals surface area contributed by atoms with Crippen LogP contribution >= 0.6 is 24.0 Å². The van der Waals surface area contributed by atoms with E-state index < -0.39 is 4.92 Å². The van der Waals surface area contributed by atoms with Gasteiger partial charge >= 0.3 is 0 Å². The molecule has 1 amide bonds. The number of thioether (sulfide) groups is 1. The van der Waals surface area contributed by atoms with Gasteiger partial charge in [-0.2, -0.15) is 0 Å². The molecule has 0 bridgehead atoms. The van der Waals surface area contributed by atoms with E-state index in [1.54, 1.807) is 12.1 Å². The molecule has 0 atom stereocenters. The van der Waals surface area contributed by atoms with Gasteiger partial charge in [-0.3, -0.25) is 19.8 Å². The Balaban J connectivity index is 2.08. The van der Waals surface area contributed by atoms with Gasteiger partial charge in [-0.1, -0.05) is 71.6 Å². The van der Waals surface area contributed by atoms with E-state index >= 15 is 0 Å². The zero-order valence-corrected chi connectivity index (χ0v) is 20.6. The van der Waals surface area contributed by atoms with Crippen molar-refractivity contribution in [2.75, 3.05) is 4.90 Å². The van der Waals surface area contributed by atoms with Crippen molar-refractivity contribution < 1.29 is 14.8 Å². The molecule has 2 aromatic rings. The number of thiocarbonyl (C=S) groups is 1. The number of phenolic OH excluding ortho intramolecular Hbond substituents is 1. The molecular weight excluding hydrogens is 444 g/mol. The lowest BCUT2D eigenvalue weighted by molar-refractivity contribution is -0.384. The monoisotopic (exact) mass is 470 g/mol. The molecule has 1 fully saturated rings. The summed E-state index contributed by atoms with van der Waals surface area (Å²) in [5, 5.41) is 22.0. The van der Waals surface area contributed by atoms with Gasteiger partial charge in [0.15, 0.2) is 4.32 Å². The highest BCUT2D eigenvalue weighted by molar-refractivity contribution is 8.27. The molecule has 0 aliphatic carbocycles. The number of carbonyl (C=O) groups is 1. The summed E-state index contributed by atoms with van der Waals surface area (Å²) in [4.78, 5) is 25.5. The van der Waals surface area contributed by atoms with Gasteiger partial charge in [-0.05, 0) is 40.7 Å². The molecule has 0 saturated carbocycles. The number of benzene rings is 2. The first kappa shape index (κ1) is 23.9. The fourth-order valence-corrected chi connectivity index (χ4v) is 4.77. The molecule has 168 valence electrons. The molecule has 1 heterocycles. The van der Waals surface area contributed by atoms with Gasteiger partial charge in [0.05, 0.1) is 15.5 Å². The second-order valence-corrected chi connectivity index (χ2v) is 11.4. The Bertz CT molecular complexity index is 1120. The Morgan fingerprint density at radius 2 is 1.62 bits per heavy atom. The van der Waals surface area contributed by atoms with E-state index in [2.05, 4.69) is 0 Å². The number of nitro groups is 1. The molecule has 8 heteroatoms. The molecule has 6 nitrogen and oxygen atoms in total. The highest BCUT2D eigenvalue weighted by atomic mass is 32.2. The van der Waals surface area contributed by atoms with Gasteiger partial charge in [0, 0.05) is 23.3 Å². The molecule has 3 rings (SSSR count). The molecule has 1 aliphatic rings. The topological polar surface area (TPSA) is 83.7 Å². The maximum absolute atomic E-state index is 13.2. The van der Waals surface area contributed by atoms with Crippen molar-refractivity contribution in [3.05, 3.63) is 68.1 Å². The van der Waals surface area contributed by atoms with Crippen LogP contribution in [0.1, 0.15) is 58.2 Å². The summed E-state index contributed by atoms with van der Waals surface area (Å²) >= 11 is 6.56. The molecule has 1 N–H and O–H groups in total. The number of nitrogens with zero attached hydrogens (tertiary/aromatic N) is 2. The number of anilines is 1. The fourth-order valence-electron chi connectivity index (χ4n) is 3.47. The second-order valence-electron chi connectivity index (χ2n) is 9.76. The van der Waals surface area contributed by atoms with Crippen LogP contribution in [0.5, 0.6) is 5.75 Å². The van der Waals surface area contributed by atoms with Crippen molar-refractivity contribution in [1.29, 1.82) is 0 Å². The average molecular weight is 471 g/mol. The van der Waals surface area contributed by atoms with Crippen LogP contribution in [0.15, 0.2) is 41.3 Å². The summed E-state index contributed by atoms with van der Waals surface area (Å²) in [6.45, 7) is 12.2. The van der Waals surface area contributed by atoms with Crippen LogP contribution in [-0.2, 0) is 15.6 Å². The number of aromatic hydroxyl groups is 1. The van der Waals surface area contributed by atoms with E-state index in [1.807, 2.05) is 53.7 Å². The van der Waals surface area contributed by atoms with Crippen LogP contribution in [-0.4, -0.2) is 20.3 Å². The van der Waals surface area contributed by atoms with Gasteiger partial charge < -0.3 is 5.11 Å². The minimum Gasteiger partial charge on any atom is -0.507 e. The number of hydrogen-bond acceptors (Lipinski definition) is 6. The van der Waals surface area contributed by atoms with E-state index in [9.17, 15) is 20.0 Å². The Morgan fingerprint density at radius 1 is 1.06 bits per heavy atom. The van der Waals surface area contributed by atoms with Crippen molar-refractivity contribution in [2.45, 2.75) is 52.4 Å². The lowest BCUT2D eigenvalue weighted by atomic mass is 9.78. The zero-order chi connectivity index (χ0) is 24.0. The highest BCUT2D eigenvalue weighted by Gasteiger charge is 2.34. The maximum Gasteiger partial charge on any atom is 0.271 e. The van der Waals surface area contributed by atoms with Crippen LogP contribution in [0.4, 0.5) is 11.4 Å². The lowest BCUT2D eigenvalue weighted by Crippen LogP contribution is -2.27. The second kappa shape index (κ2) is 8.33. The van der Waals surface area contributed by atoms with E-state index in [-0.39, 0.29) is 28.2 Å². The number of nitro benzene ring substituents is 1. The van der Waals surface area contributed by atoms with E-state index in [0.717, 1.165) is 28.5 Å². The molecular formula is C24H26N2O4S2. The average Bonchev–Trinajstić information content (AvgIpc) is 2.94. The van der Waals surface area contributed by atoms with Crippen LogP contribution in [0, 0.1) is 10.1 Å². The third-order valence-electron chi connectivity index (χ3n) is 5.14. The van der Waals surface area contributed by atoms with E-state index in [4.69, 9.17) is 12.2 Å². The standard InChI is InChI=1S/C24H26N2O4S2/c1-23(2,3)17-10-14(11-18(20(17)27)24(4,5)6)12-19-21(28)25(22(31)32-19)15-8-7-9-16(13-15)26(29)30/h7-13,27H,1-6H3/b19-12+. The summed E-state index contributed by atoms with van der Waals surface area (Å²) in [5.74, 6) is -0.0607. The van der Waals surface area contributed by atoms with E-state index in [0.29, 0.717) is 14.9 Å². The Labute approximate surface area is 197 Å². The van der Waals surface area contributed by atoms with Gasteiger partial charge in [-0.15, -0.1) is 0 Å². The molecule has 0 radical (unpaired) electrons. The summed E-state index contributed by atoms with van der Waals surface area (Å²) in [6.07, 6.45) is 1.76. The van der Waals surface area contributed by atoms with Crippen LogP contribution < -0.4 is 4.90 Å². The number of carbonyl (C=O) groups excluding carboxylic acids is 1. The number of non-ortho nitro benzene ring substituents is 1. The van der Waals surface area contributed by atoms with Gasteiger partial charge in [0.2, 0.25) is 0 Å². The summed E-state index contributed by atoms with van der Waals surface area (Å²) in [6, 6.07) is 9.64. The third-order valence-corrected chi connectivity index (χ3v) is 6.44. The summed E-state index contributed by atoms with van der Waals surface area (Å²) in [5.41, 5.74) is 2.05.